The molecule has 2 heterocycles. The van der Waals surface area contributed by atoms with Crippen molar-refractivity contribution in [2.45, 2.75) is 19.9 Å². The minimum atomic E-state index is -0.0761. The molecule has 0 saturated carbocycles. The lowest BCUT2D eigenvalue weighted by atomic mass is 10.1. The zero-order valence-corrected chi connectivity index (χ0v) is 15.3. The average Bonchev–Trinajstić information content (AvgIpc) is 3.39. The van der Waals surface area contributed by atoms with Gasteiger partial charge in [0.2, 0.25) is 0 Å². The summed E-state index contributed by atoms with van der Waals surface area (Å²) >= 11 is 0. The van der Waals surface area contributed by atoms with Gasteiger partial charge in [0, 0.05) is 30.2 Å². The predicted molar refractivity (Wildman–Crippen MR) is 102 cm³/mol. The summed E-state index contributed by atoms with van der Waals surface area (Å²) in [6.45, 7) is 6.52. The van der Waals surface area contributed by atoms with Gasteiger partial charge < -0.3 is 14.3 Å². The van der Waals surface area contributed by atoms with Crippen molar-refractivity contribution < 1.29 is 9.21 Å². The number of carbonyl (C=O) groups excluding carboxylic acids is 1. The summed E-state index contributed by atoms with van der Waals surface area (Å²) in [5.74, 6) is 0.796. The third-order valence-corrected chi connectivity index (χ3v) is 4.61. The van der Waals surface area contributed by atoms with Crippen molar-refractivity contribution in [3.05, 3.63) is 78.5 Å². The standard InChI is InChI=1S/C21H25N3O2/c1-3-23(4-2)19(20-8-7-15-26-20)16-22-21(25)17-9-11-18(12-10-17)24-13-5-6-14-24/h5-15,19H,3-4,16H2,1-2H3,(H,22,25). The predicted octanol–water partition coefficient (Wildman–Crippen LogP) is 3.88. The molecule has 0 aliphatic carbocycles. The highest BCUT2D eigenvalue weighted by Gasteiger charge is 2.21. The number of amides is 1. The molecule has 26 heavy (non-hydrogen) atoms. The van der Waals surface area contributed by atoms with Crippen molar-refractivity contribution in [1.29, 1.82) is 0 Å². The SMILES string of the molecule is CCN(CC)C(CNC(=O)c1ccc(-n2cccc2)cc1)c1ccco1. The minimum absolute atomic E-state index is 0.0306. The van der Waals surface area contributed by atoms with Crippen LogP contribution in [0.2, 0.25) is 0 Å². The summed E-state index contributed by atoms with van der Waals surface area (Å²) in [5, 5.41) is 3.04. The molecule has 1 unspecified atom stereocenters. The Morgan fingerprint density at radius 3 is 2.35 bits per heavy atom. The van der Waals surface area contributed by atoms with Gasteiger partial charge in [-0.3, -0.25) is 9.69 Å². The van der Waals surface area contributed by atoms with E-state index in [1.807, 2.05) is 65.5 Å². The van der Waals surface area contributed by atoms with E-state index in [4.69, 9.17) is 4.42 Å². The number of likely N-dealkylation sites (N-methyl/N-ethyl adjacent to an activating group) is 1. The van der Waals surface area contributed by atoms with Crippen molar-refractivity contribution in [3.63, 3.8) is 0 Å². The normalized spacial score (nSPS) is 12.3. The van der Waals surface area contributed by atoms with Crippen LogP contribution in [0, 0.1) is 0 Å². The van der Waals surface area contributed by atoms with Gasteiger partial charge in [0.1, 0.15) is 5.76 Å². The molecular formula is C21H25N3O2. The van der Waals surface area contributed by atoms with Crippen LogP contribution in [0.25, 0.3) is 5.69 Å². The highest BCUT2D eigenvalue weighted by Crippen LogP contribution is 2.20. The van der Waals surface area contributed by atoms with Gasteiger partial charge in [0.05, 0.1) is 12.3 Å². The highest BCUT2D eigenvalue weighted by molar-refractivity contribution is 5.94. The quantitative estimate of drug-likeness (QED) is 0.670. The van der Waals surface area contributed by atoms with Gasteiger partial charge in [-0.05, 0) is 61.6 Å². The van der Waals surface area contributed by atoms with Crippen LogP contribution in [0.15, 0.2) is 71.6 Å². The molecule has 1 atom stereocenters. The van der Waals surface area contributed by atoms with Crippen LogP contribution in [0.4, 0.5) is 0 Å². The third kappa shape index (κ3) is 4.06. The van der Waals surface area contributed by atoms with Crippen LogP contribution in [0.1, 0.15) is 36.0 Å². The van der Waals surface area contributed by atoms with Gasteiger partial charge in [-0.1, -0.05) is 13.8 Å². The maximum absolute atomic E-state index is 12.5. The zero-order valence-electron chi connectivity index (χ0n) is 15.3. The molecule has 1 aromatic carbocycles. The van der Waals surface area contributed by atoms with Crippen LogP contribution >= 0.6 is 0 Å². The molecule has 1 amide bonds. The minimum Gasteiger partial charge on any atom is -0.468 e. The zero-order chi connectivity index (χ0) is 18.4. The van der Waals surface area contributed by atoms with Crippen LogP contribution in [0.5, 0.6) is 0 Å². The maximum atomic E-state index is 12.5. The largest absolute Gasteiger partial charge is 0.468 e. The molecule has 3 rings (SSSR count). The van der Waals surface area contributed by atoms with Crippen molar-refractivity contribution in [2.75, 3.05) is 19.6 Å². The van der Waals surface area contributed by atoms with Crippen LogP contribution in [0.3, 0.4) is 0 Å². The summed E-state index contributed by atoms with van der Waals surface area (Å²) in [4.78, 5) is 14.8. The number of furan rings is 1. The lowest BCUT2D eigenvalue weighted by Gasteiger charge is -2.28. The number of rotatable bonds is 8. The Kier molecular flexibility index (Phi) is 5.92. The molecule has 5 nitrogen and oxygen atoms in total. The smallest absolute Gasteiger partial charge is 0.251 e. The van der Waals surface area contributed by atoms with E-state index in [2.05, 4.69) is 24.1 Å². The van der Waals surface area contributed by atoms with Crippen LogP contribution < -0.4 is 5.32 Å². The van der Waals surface area contributed by atoms with Gasteiger partial charge in [-0.2, -0.15) is 0 Å². The van der Waals surface area contributed by atoms with Gasteiger partial charge in [-0.15, -0.1) is 0 Å². The molecular weight excluding hydrogens is 326 g/mol. The second-order valence-electron chi connectivity index (χ2n) is 6.10. The second kappa shape index (κ2) is 8.54. The fraction of sp³-hybridized carbons (Fsp3) is 0.286. The Morgan fingerprint density at radius 1 is 1.08 bits per heavy atom. The average molecular weight is 351 g/mol. The molecule has 0 spiro atoms. The van der Waals surface area contributed by atoms with Gasteiger partial charge in [0.15, 0.2) is 0 Å². The topological polar surface area (TPSA) is 50.4 Å². The Bertz CT molecular complexity index is 788. The first kappa shape index (κ1) is 18.0. The summed E-state index contributed by atoms with van der Waals surface area (Å²) in [5.41, 5.74) is 1.68. The Morgan fingerprint density at radius 2 is 1.77 bits per heavy atom. The molecule has 5 heteroatoms. The molecule has 0 aliphatic heterocycles. The number of carbonyl (C=O) groups is 1. The van der Waals surface area contributed by atoms with Crippen molar-refractivity contribution in [1.82, 2.24) is 14.8 Å². The molecule has 0 fully saturated rings. The molecule has 0 radical (unpaired) electrons. The van der Waals surface area contributed by atoms with E-state index in [0.29, 0.717) is 12.1 Å². The van der Waals surface area contributed by atoms with E-state index in [0.717, 1.165) is 24.5 Å². The fourth-order valence-corrected chi connectivity index (χ4v) is 3.14. The fourth-order valence-electron chi connectivity index (χ4n) is 3.14. The number of aromatic nitrogens is 1. The first-order valence-corrected chi connectivity index (χ1v) is 9.02. The Hall–Kier alpha value is -2.79. The first-order valence-electron chi connectivity index (χ1n) is 9.02. The van der Waals surface area contributed by atoms with E-state index in [1.54, 1.807) is 6.26 Å². The second-order valence-corrected chi connectivity index (χ2v) is 6.10. The van der Waals surface area contributed by atoms with E-state index in [-0.39, 0.29) is 11.9 Å². The Labute approximate surface area is 154 Å². The van der Waals surface area contributed by atoms with Crippen LogP contribution in [-0.2, 0) is 0 Å². The summed E-state index contributed by atoms with van der Waals surface area (Å²) in [7, 11) is 0. The molecule has 0 bridgehead atoms. The molecule has 2 aromatic heterocycles. The van der Waals surface area contributed by atoms with Crippen molar-refractivity contribution >= 4 is 5.91 Å². The Balaban J connectivity index is 1.66. The number of hydrogen-bond acceptors (Lipinski definition) is 3. The van der Waals surface area contributed by atoms with Crippen molar-refractivity contribution in [3.8, 4) is 5.69 Å². The van der Waals surface area contributed by atoms with E-state index >= 15 is 0 Å². The van der Waals surface area contributed by atoms with Gasteiger partial charge in [-0.25, -0.2) is 0 Å². The summed E-state index contributed by atoms with van der Waals surface area (Å²) < 4.78 is 7.59. The van der Waals surface area contributed by atoms with Crippen LogP contribution in [-0.4, -0.2) is 35.0 Å². The van der Waals surface area contributed by atoms with E-state index < -0.39 is 0 Å². The number of benzene rings is 1. The molecule has 1 N–H and O–H groups in total. The molecule has 136 valence electrons. The lowest BCUT2D eigenvalue weighted by molar-refractivity contribution is 0.0929. The van der Waals surface area contributed by atoms with Gasteiger partial charge in [0.25, 0.3) is 5.91 Å². The highest BCUT2D eigenvalue weighted by atomic mass is 16.3. The third-order valence-electron chi connectivity index (χ3n) is 4.61. The monoisotopic (exact) mass is 351 g/mol. The maximum Gasteiger partial charge on any atom is 0.251 e. The molecule has 0 saturated heterocycles. The summed E-state index contributed by atoms with van der Waals surface area (Å²) in [6.07, 6.45) is 5.63. The molecule has 0 aliphatic rings. The summed E-state index contributed by atoms with van der Waals surface area (Å²) in [6, 6.07) is 15.4. The first-order chi connectivity index (χ1) is 12.7. The molecule has 3 aromatic rings. The van der Waals surface area contributed by atoms with Crippen molar-refractivity contribution in [2.24, 2.45) is 0 Å². The number of nitrogens with one attached hydrogen (secondary N) is 1. The number of nitrogens with zero attached hydrogens (tertiary/aromatic N) is 2. The number of hydrogen-bond donors (Lipinski definition) is 1. The lowest BCUT2D eigenvalue weighted by Crippen LogP contribution is -2.37. The van der Waals surface area contributed by atoms with E-state index in [9.17, 15) is 4.79 Å². The van der Waals surface area contributed by atoms with E-state index in [1.165, 1.54) is 0 Å². The van der Waals surface area contributed by atoms with Gasteiger partial charge >= 0.3 is 0 Å².